The minimum atomic E-state index is -0.791. The molecule has 1 N–H and O–H groups in total. The molecule has 158 valence electrons. The Kier molecular flexibility index (Phi) is 6.49. The van der Waals surface area contributed by atoms with Crippen molar-refractivity contribution in [2.24, 2.45) is 0 Å². The summed E-state index contributed by atoms with van der Waals surface area (Å²) in [5.74, 6) is 0.805. The summed E-state index contributed by atoms with van der Waals surface area (Å²) in [5.41, 5.74) is 3.06. The van der Waals surface area contributed by atoms with Gasteiger partial charge in [0.05, 0.1) is 12.9 Å². The van der Waals surface area contributed by atoms with Crippen molar-refractivity contribution in [3.8, 4) is 5.75 Å². The first-order valence-corrected chi connectivity index (χ1v) is 11.2. The van der Waals surface area contributed by atoms with E-state index in [0.29, 0.717) is 17.2 Å². The first kappa shape index (κ1) is 21.3. The SMILES string of the molecule is COc1cccc(N2C(=O)CSC2c2cccc(NC(=O)C(Cl)c3ccccc3)c2)c1. The van der Waals surface area contributed by atoms with Gasteiger partial charge in [0.1, 0.15) is 16.5 Å². The van der Waals surface area contributed by atoms with Gasteiger partial charge in [-0.2, -0.15) is 0 Å². The summed E-state index contributed by atoms with van der Waals surface area (Å²) in [6.07, 6.45) is 0. The molecule has 7 heteroatoms. The lowest BCUT2D eigenvalue weighted by molar-refractivity contribution is -0.116. The Hall–Kier alpha value is -2.96. The van der Waals surface area contributed by atoms with Gasteiger partial charge in [-0.15, -0.1) is 23.4 Å². The molecule has 1 fully saturated rings. The number of carbonyl (C=O) groups is 2. The monoisotopic (exact) mass is 452 g/mol. The zero-order valence-electron chi connectivity index (χ0n) is 16.8. The number of hydrogen-bond donors (Lipinski definition) is 1. The normalized spacial score (nSPS) is 16.8. The Bertz CT molecular complexity index is 1090. The molecule has 0 spiro atoms. The number of carbonyl (C=O) groups excluding carboxylic acids is 2. The predicted octanol–water partition coefficient (Wildman–Crippen LogP) is 5.39. The third kappa shape index (κ3) is 4.70. The number of ether oxygens (including phenoxy) is 1. The van der Waals surface area contributed by atoms with Gasteiger partial charge < -0.3 is 10.1 Å². The van der Waals surface area contributed by atoms with Gasteiger partial charge in [-0.05, 0) is 35.4 Å². The number of nitrogens with zero attached hydrogens (tertiary/aromatic N) is 1. The van der Waals surface area contributed by atoms with Crippen LogP contribution < -0.4 is 15.0 Å². The van der Waals surface area contributed by atoms with E-state index < -0.39 is 5.38 Å². The van der Waals surface area contributed by atoms with E-state index in [1.807, 2.05) is 78.9 Å². The number of alkyl halides is 1. The molecule has 0 aromatic heterocycles. The molecule has 3 aromatic carbocycles. The Morgan fingerprint density at radius 3 is 2.65 bits per heavy atom. The van der Waals surface area contributed by atoms with Crippen molar-refractivity contribution >= 4 is 46.6 Å². The van der Waals surface area contributed by atoms with E-state index in [0.717, 1.165) is 16.8 Å². The number of anilines is 2. The topological polar surface area (TPSA) is 58.6 Å². The van der Waals surface area contributed by atoms with Gasteiger partial charge in [0, 0.05) is 17.4 Å². The highest BCUT2D eigenvalue weighted by Gasteiger charge is 2.34. The van der Waals surface area contributed by atoms with E-state index in [2.05, 4.69) is 5.32 Å². The van der Waals surface area contributed by atoms with Crippen molar-refractivity contribution in [3.63, 3.8) is 0 Å². The summed E-state index contributed by atoms with van der Waals surface area (Å²) in [6.45, 7) is 0. The van der Waals surface area contributed by atoms with Gasteiger partial charge in [0.25, 0.3) is 0 Å². The number of nitrogens with one attached hydrogen (secondary N) is 1. The lowest BCUT2D eigenvalue weighted by atomic mass is 10.1. The maximum atomic E-state index is 12.6. The molecule has 0 aliphatic carbocycles. The molecule has 0 radical (unpaired) electrons. The van der Waals surface area contributed by atoms with Gasteiger partial charge in [-0.25, -0.2) is 0 Å². The van der Waals surface area contributed by atoms with Crippen LogP contribution in [-0.2, 0) is 9.59 Å². The Balaban J connectivity index is 1.55. The van der Waals surface area contributed by atoms with Crippen molar-refractivity contribution < 1.29 is 14.3 Å². The zero-order valence-corrected chi connectivity index (χ0v) is 18.4. The molecule has 1 heterocycles. The summed E-state index contributed by atoms with van der Waals surface area (Å²) in [7, 11) is 1.60. The quantitative estimate of drug-likeness (QED) is 0.509. The van der Waals surface area contributed by atoms with Crippen LogP contribution in [0, 0.1) is 0 Å². The fraction of sp³-hybridized carbons (Fsp3) is 0.167. The van der Waals surface area contributed by atoms with Gasteiger partial charge in [0.15, 0.2) is 0 Å². The van der Waals surface area contributed by atoms with Crippen molar-refractivity contribution in [1.29, 1.82) is 0 Å². The van der Waals surface area contributed by atoms with E-state index in [1.54, 1.807) is 23.8 Å². The molecule has 3 aromatic rings. The zero-order chi connectivity index (χ0) is 21.8. The second-order valence-electron chi connectivity index (χ2n) is 7.02. The molecule has 2 amide bonds. The van der Waals surface area contributed by atoms with E-state index in [9.17, 15) is 9.59 Å². The summed E-state index contributed by atoms with van der Waals surface area (Å²) < 4.78 is 5.31. The second kappa shape index (κ2) is 9.45. The maximum absolute atomic E-state index is 12.6. The van der Waals surface area contributed by atoms with Gasteiger partial charge >= 0.3 is 0 Å². The molecule has 2 atom stereocenters. The van der Waals surface area contributed by atoms with Crippen LogP contribution in [-0.4, -0.2) is 24.7 Å². The number of halogens is 1. The number of amides is 2. The fourth-order valence-corrected chi connectivity index (χ4v) is 4.83. The first-order chi connectivity index (χ1) is 15.1. The minimum Gasteiger partial charge on any atom is -0.497 e. The van der Waals surface area contributed by atoms with E-state index in [1.165, 1.54) is 0 Å². The highest BCUT2D eigenvalue weighted by atomic mass is 35.5. The molecule has 0 saturated carbocycles. The van der Waals surface area contributed by atoms with Crippen molar-refractivity contribution in [1.82, 2.24) is 0 Å². The Morgan fingerprint density at radius 2 is 1.87 bits per heavy atom. The van der Waals surface area contributed by atoms with Gasteiger partial charge in [-0.3, -0.25) is 14.5 Å². The van der Waals surface area contributed by atoms with Crippen LogP contribution in [0.25, 0.3) is 0 Å². The lowest BCUT2D eigenvalue weighted by Crippen LogP contribution is -2.27. The van der Waals surface area contributed by atoms with Crippen molar-refractivity contribution in [2.75, 3.05) is 23.1 Å². The standard InChI is InChI=1S/C24H21ClN2O3S/c1-30-20-12-6-11-19(14-20)27-21(28)15-31-24(27)17-9-5-10-18(13-17)26-23(29)22(25)16-7-3-2-4-8-16/h2-14,22,24H,15H2,1H3,(H,26,29). The van der Waals surface area contributed by atoms with Crippen LogP contribution in [0.3, 0.4) is 0 Å². The predicted molar refractivity (Wildman–Crippen MR) is 126 cm³/mol. The van der Waals surface area contributed by atoms with E-state index >= 15 is 0 Å². The third-order valence-electron chi connectivity index (χ3n) is 4.96. The summed E-state index contributed by atoms with van der Waals surface area (Å²) in [5, 5.41) is 1.90. The average Bonchev–Trinajstić information content (AvgIpc) is 3.20. The summed E-state index contributed by atoms with van der Waals surface area (Å²) in [6, 6.07) is 24.2. The van der Waals surface area contributed by atoms with Crippen LogP contribution in [0.15, 0.2) is 78.9 Å². The molecule has 31 heavy (non-hydrogen) atoms. The van der Waals surface area contributed by atoms with E-state index in [4.69, 9.17) is 16.3 Å². The number of thioether (sulfide) groups is 1. The van der Waals surface area contributed by atoms with Crippen LogP contribution in [0.5, 0.6) is 5.75 Å². The molecular formula is C24H21ClN2O3S. The Labute approximate surface area is 190 Å². The average molecular weight is 453 g/mol. The highest BCUT2D eigenvalue weighted by Crippen LogP contribution is 2.43. The molecular weight excluding hydrogens is 432 g/mol. The molecule has 5 nitrogen and oxygen atoms in total. The smallest absolute Gasteiger partial charge is 0.246 e. The molecule has 0 bridgehead atoms. The summed E-state index contributed by atoms with van der Waals surface area (Å²) in [4.78, 5) is 27.0. The molecule has 2 unspecified atom stereocenters. The highest BCUT2D eigenvalue weighted by molar-refractivity contribution is 8.00. The third-order valence-corrected chi connectivity index (χ3v) is 6.62. The van der Waals surface area contributed by atoms with Crippen LogP contribution >= 0.6 is 23.4 Å². The van der Waals surface area contributed by atoms with Crippen LogP contribution in [0.1, 0.15) is 21.9 Å². The van der Waals surface area contributed by atoms with Crippen molar-refractivity contribution in [3.05, 3.63) is 90.0 Å². The van der Waals surface area contributed by atoms with Gasteiger partial charge in [0.2, 0.25) is 11.8 Å². The number of benzene rings is 3. The second-order valence-corrected chi connectivity index (χ2v) is 8.52. The molecule has 1 saturated heterocycles. The fourth-order valence-electron chi connectivity index (χ4n) is 3.46. The van der Waals surface area contributed by atoms with Crippen LogP contribution in [0.2, 0.25) is 0 Å². The molecule has 1 aliphatic rings. The lowest BCUT2D eigenvalue weighted by Gasteiger charge is -2.25. The summed E-state index contributed by atoms with van der Waals surface area (Å²) >= 11 is 7.89. The minimum absolute atomic E-state index is 0.0302. The number of methoxy groups -OCH3 is 1. The van der Waals surface area contributed by atoms with Crippen LogP contribution in [0.4, 0.5) is 11.4 Å². The maximum Gasteiger partial charge on any atom is 0.246 e. The Morgan fingerprint density at radius 1 is 1.10 bits per heavy atom. The first-order valence-electron chi connectivity index (χ1n) is 9.74. The molecule has 1 aliphatic heterocycles. The number of hydrogen-bond acceptors (Lipinski definition) is 4. The van der Waals surface area contributed by atoms with Crippen molar-refractivity contribution in [2.45, 2.75) is 10.8 Å². The van der Waals surface area contributed by atoms with E-state index in [-0.39, 0.29) is 17.2 Å². The molecule has 4 rings (SSSR count). The number of rotatable bonds is 6. The largest absolute Gasteiger partial charge is 0.497 e. The van der Waals surface area contributed by atoms with Gasteiger partial charge in [-0.1, -0.05) is 48.5 Å².